The number of hydrogen-bond donors (Lipinski definition) is 0. The Hall–Kier alpha value is -7.91. The fourth-order valence-corrected chi connectivity index (χ4v) is 7.73. The molecule has 0 radical (unpaired) electrons. The fourth-order valence-electron chi connectivity index (χ4n) is 7.73. The summed E-state index contributed by atoms with van der Waals surface area (Å²) in [5.74, 6) is 3.01. The van der Waals surface area contributed by atoms with Gasteiger partial charge in [0, 0.05) is 74.3 Å². The minimum absolute atomic E-state index is 0.511. The van der Waals surface area contributed by atoms with Crippen LogP contribution >= 0.6 is 0 Å². The van der Waals surface area contributed by atoms with Gasteiger partial charge in [-0.15, -0.1) is 0 Å². The van der Waals surface area contributed by atoms with Crippen LogP contribution < -0.4 is 0 Å². The minimum atomic E-state index is 0.511. The Morgan fingerprint density at radius 3 is 1.27 bits per heavy atom. The van der Waals surface area contributed by atoms with Gasteiger partial charge in [-0.25, -0.2) is 24.9 Å². The summed E-state index contributed by atoms with van der Waals surface area (Å²) < 4.78 is 4.54. The van der Waals surface area contributed by atoms with Crippen LogP contribution in [0.15, 0.2) is 176 Å². The number of rotatable bonds is 6. The highest BCUT2D eigenvalue weighted by molar-refractivity contribution is 6.24. The molecule has 56 heavy (non-hydrogen) atoms. The Labute approximate surface area is 320 Å². The van der Waals surface area contributed by atoms with Crippen LogP contribution in [-0.4, -0.2) is 44.0 Å². The molecule has 0 spiro atoms. The summed E-state index contributed by atoms with van der Waals surface area (Å²) in [5.41, 5.74) is 8.67. The number of para-hydroxylation sites is 1. The highest BCUT2D eigenvalue weighted by atomic mass is 15.2. The number of hydrogen-bond acceptors (Lipinski definition) is 7. The van der Waals surface area contributed by atoms with Gasteiger partial charge in [-0.2, -0.15) is 9.97 Å². The molecule has 0 saturated carbocycles. The van der Waals surface area contributed by atoms with E-state index in [1.54, 1.807) is 24.8 Å². The highest BCUT2D eigenvalue weighted by Crippen LogP contribution is 2.43. The lowest BCUT2D eigenvalue weighted by Crippen LogP contribution is -2.07. The molecule has 0 unspecified atom stereocenters. The molecule has 9 heteroatoms. The fraction of sp³-hybridized carbons (Fsp3) is 0. The average molecular weight is 720 g/mol. The zero-order valence-electron chi connectivity index (χ0n) is 29.8. The Morgan fingerprint density at radius 2 is 0.768 bits per heavy atom. The molecule has 0 aliphatic carbocycles. The van der Waals surface area contributed by atoms with Gasteiger partial charge in [0.05, 0.1) is 22.1 Å². The molecule has 5 aromatic heterocycles. The second-order valence-corrected chi connectivity index (χ2v) is 13.5. The van der Waals surface area contributed by atoms with Crippen LogP contribution in [0.5, 0.6) is 0 Å². The zero-order valence-corrected chi connectivity index (χ0v) is 29.8. The molecule has 11 rings (SSSR count). The summed E-state index contributed by atoms with van der Waals surface area (Å²) in [5, 5.41) is 4.22. The molecular weight excluding hydrogens is 691 g/mol. The molecule has 9 nitrogen and oxygen atoms in total. The van der Waals surface area contributed by atoms with E-state index >= 15 is 0 Å². The van der Waals surface area contributed by atoms with Crippen LogP contribution in [-0.2, 0) is 0 Å². The van der Waals surface area contributed by atoms with Gasteiger partial charge in [0.1, 0.15) is 0 Å². The Balaban J connectivity index is 1.31. The van der Waals surface area contributed by atoms with Crippen LogP contribution in [0, 0.1) is 0 Å². The van der Waals surface area contributed by atoms with E-state index in [4.69, 9.17) is 15.0 Å². The predicted octanol–water partition coefficient (Wildman–Crippen LogP) is 10.3. The maximum absolute atomic E-state index is 5.26. The van der Waals surface area contributed by atoms with E-state index in [1.165, 1.54) is 0 Å². The van der Waals surface area contributed by atoms with Crippen LogP contribution in [0.1, 0.15) is 0 Å². The predicted molar refractivity (Wildman–Crippen MR) is 221 cm³/mol. The molecule has 0 amide bonds. The molecule has 0 N–H and O–H groups in total. The van der Waals surface area contributed by atoms with Gasteiger partial charge in [-0.1, -0.05) is 91.0 Å². The molecule has 5 heterocycles. The van der Waals surface area contributed by atoms with E-state index in [1.807, 2.05) is 78.9 Å². The first kappa shape index (κ1) is 31.6. The maximum Gasteiger partial charge on any atom is 0.238 e. The first-order valence-corrected chi connectivity index (χ1v) is 18.3. The monoisotopic (exact) mass is 719 g/mol. The number of nitrogens with zero attached hydrogens (tertiary/aromatic N) is 9. The van der Waals surface area contributed by atoms with E-state index in [-0.39, 0.29) is 0 Å². The summed E-state index contributed by atoms with van der Waals surface area (Å²) in [6, 6.07) is 51.6. The van der Waals surface area contributed by atoms with Crippen molar-refractivity contribution in [1.29, 1.82) is 0 Å². The van der Waals surface area contributed by atoms with Gasteiger partial charge in [0.25, 0.3) is 0 Å². The summed E-state index contributed by atoms with van der Waals surface area (Å²) in [7, 11) is 0. The van der Waals surface area contributed by atoms with Gasteiger partial charge in [0.2, 0.25) is 5.95 Å². The Morgan fingerprint density at radius 1 is 0.321 bits per heavy atom. The van der Waals surface area contributed by atoms with Crippen molar-refractivity contribution in [3.05, 3.63) is 176 Å². The van der Waals surface area contributed by atoms with Crippen molar-refractivity contribution in [1.82, 2.24) is 44.0 Å². The van der Waals surface area contributed by atoms with Crippen molar-refractivity contribution < 1.29 is 0 Å². The van der Waals surface area contributed by atoms with Crippen molar-refractivity contribution in [2.45, 2.75) is 0 Å². The minimum Gasteiger partial charge on any atom is -0.307 e. The van der Waals surface area contributed by atoms with Crippen LogP contribution in [0.25, 0.3) is 101 Å². The van der Waals surface area contributed by atoms with Crippen molar-refractivity contribution in [2.75, 3.05) is 0 Å². The molecule has 0 aliphatic rings. The quantitative estimate of drug-likeness (QED) is 0.169. The lowest BCUT2D eigenvalue weighted by atomic mass is 10.1. The topological polar surface area (TPSA) is 100 Å². The Bertz CT molecular complexity index is 3160. The van der Waals surface area contributed by atoms with E-state index in [9.17, 15) is 0 Å². The first-order valence-electron chi connectivity index (χ1n) is 18.3. The molecule has 0 bridgehead atoms. The zero-order chi connectivity index (χ0) is 37.0. The molecule has 0 saturated heterocycles. The Kier molecular flexibility index (Phi) is 7.27. The van der Waals surface area contributed by atoms with E-state index < -0.39 is 0 Å². The van der Waals surface area contributed by atoms with Gasteiger partial charge in [0.15, 0.2) is 23.3 Å². The van der Waals surface area contributed by atoms with E-state index in [0.29, 0.717) is 29.2 Å². The van der Waals surface area contributed by atoms with Crippen LogP contribution in [0.3, 0.4) is 0 Å². The third-order valence-electron chi connectivity index (χ3n) is 10.2. The normalized spacial score (nSPS) is 11.6. The molecule has 0 fully saturated rings. The highest BCUT2D eigenvalue weighted by Gasteiger charge is 2.24. The third-order valence-corrected chi connectivity index (χ3v) is 10.2. The van der Waals surface area contributed by atoms with Crippen molar-refractivity contribution in [2.24, 2.45) is 0 Å². The van der Waals surface area contributed by atoms with Gasteiger partial charge < -0.3 is 4.57 Å². The average Bonchev–Trinajstić information content (AvgIpc) is 3.80. The molecule has 0 atom stereocenters. The van der Waals surface area contributed by atoms with Crippen molar-refractivity contribution in [3.63, 3.8) is 0 Å². The third kappa shape index (κ3) is 5.13. The standard InChI is InChI=1S/C47H29N9/c1-4-12-30(13-5-1)45-52-46(31-14-6-2-7-15-31)54-47(53-45)56-40-23-19-33(44-50-26-11-27-51-44)29-38(40)36-21-20-35-37-28-32(43-48-24-10-25-49-43)18-22-39(37)55(41(35)42(36)56)34-16-8-3-9-17-34/h1-29H. The lowest BCUT2D eigenvalue weighted by molar-refractivity contribution is 0.953. The summed E-state index contributed by atoms with van der Waals surface area (Å²) in [6.45, 7) is 0. The van der Waals surface area contributed by atoms with Gasteiger partial charge in [-0.05, 0) is 60.7 Å². The van der Waals surface area contributed by atoms with Gasteiger partial charge >= 0.3 is 0 Å². The second kappa shape index (κ2) is 12.9. The van der Waals surface area contributed by atoms with E-state index in [2.05, 4.69) is 102 Å². The summed E-state index contributed by atoms with van der Waals surface area (Å²) in [6.07, 6.45) is 7.10. The second-order valence-electron chi connectivity index (χ2n) is 13.5. The molecule has 6 aromatic carbocycles. The summed E-state index contributed by atoms with van der Waals surface area (Å²) in [4.78, 5) is 33.9. The maximum atomic E-state index is 5.26. The van der Waals surface area contributed by atoms with Crippen molar-refractivity contribution >= 4 is 43.6 Å². The molecule has 262 valence electrons. The number of benzene rings is 6. The van der Waals surface area contributed by atoms with Crippen LogP contribution in [0.4, 0.5) is 0 Å². The van der Waals surface area contributed by atoms with Gasteiger partial charge in [-0.3, -0.25) is 4.57 Å². The lowest BCUT2D eigenvalue weighted by Gasteiger charge is -2.13. The molecule has 0 aliphatic heterocycles. The SMILES string of the molecule is c1ccc(-c2nc(-c3ccccc3)nc(-n3c4ccc(-c5ncccn5)cc4c4ccc5c6cc(-c7ncccn7)ccc6n(-c6ccccc6)c5c43)n2)cc1. The number of fused-ring (bicyclic) bond motifs is 7. The van der Waals surface area contributed by atoms with Crippen LogP contribution in [0.2, 0.25) is 0 Å². The number of aromatic nitrogens is 9. The smallest absolute Gasteiger partial charge is 0.238 e. The summed E-state index contributed by atoms with van der Waals surface area (Å²) >= 11 is 0. The van der Waals surface area contributed by atoms with E-state index in [0.717, 1.165) is 71.6 Å². The van der Waals surface area contributed by atoms with Crippen molar-refractivity contribution in [3.8, 4) is 57.2 Å². The first-order chi connectivity index (χ1) is 27.8. The molecular formula is C47H29N9. The largest absolute Gasteiger partial charge is 0.307 e. The molecule has 11 aromatic rings.